The van der Waals surface area contributed by atoms with Crippen LogP contribution < -0.4 is 4.74 Å². The predicted molar refractivity (Wildman–Crippen MR) is 116 cm³/mol. The molecule has 2 aromatic rings. The number of hydrogen-bond acceptors (Lipinski definition) is 4. The molecule has 30 heavy (non-hydrogen) atoms. The second kappa shape index (κ2) is 9.90. The summed E-state index contributed by atoms with van der Waals surface area (Å²) in [5.74, 6) is 0.439. The molecule has 5 atom stereocenters. The summed E-state index contributed by atoms with van der Waals surface area (Å²) >= 11 is 0. The topological polar surface area (TPSA) is 58.9 Å². The van der Waals surface area contributed by atoms with Gasteiger partial charge in [-0.15, -0.1) is 0 Å². The summed E-state index contributed by atoms with van der Waals surface area (Å²) in [6.45, 7) is 8.18. The summed E-state index contributed by atoms with van der Waals surface area (Å²) in [7, 11) is 0. The molecule has 0 unspecified atom stereocenters. The summed E-state index contributed by atoms with van der Waals surface area (Å²) in [6, 6.07) is 12.2. The van der Waals surface area contributed by atoms with Crippen LogP contribution in [0.15, 0.2) is 42.5 Å². The van der Waals surface area contributed by atoms with Gasteiger partial charge in [0, 0.05) is 5.92 Å². The third-order valence-corrected chi connectivity index (χ3v) is 5.76. The van der Waals surface area contributed by atoms with E-state index in [4.69, 9.17) is 9.47 Å². The van der Waals surface area contributed by atoms with Crippen molar-refractivity contribution in [2.75, 3.05) is 0 Å². The van der Waals surface area contributed by atoms with Crippen LogP contribution in [0.1, 0.15) is 46.1 Å². The first-order chi connectivity index (χ1) is 14.3. The normalized spacial score (nSPS) is 26.7. The molecule has 4 nitrogen and oxygen atoms in total. The lowest BCUT2D eigenvalue weighted by Crippen LogP contribution is -2.55. The van der Waals surface area contributed by atoms with Gasteiger partial charge in [-0.2, -0.15) is 0 Å². The van der Waals surface area contributed by atoms with E-state index >= 15 is 0 Å². The van der Waals surface area contributed by atoms with Crippen molar-refractivity contribution in [3.05, 3.63) is 53.8 Å². The standard InChI is InChI=1S/C25H33FO4/c1-5-7-17-10-11-20(14-21(17)18-8-6-9-19(26)13-18)29-25-24(28)23(27)16(4)22(30-25)12-15(2)3/h6,8-11,13-16,22-25,27-28H,5,7,12H2,1-4H3/t16-,22-,23+,24+,25+/m0/s1. The Balaban J connectivity index is 1.87. The fourth-order valence-corrected chi connectivity index (χ4v) is 4.08. The Morgan fingerprint density at radius 3 is 2.53 bits per heavy atom. The molecule has 1 fully saturated rings. The van der Waals surface area contributed by atoms with Gasteiger partial charge in [0.25, 0.3) is 0 Å². The second-order valence-electron chi connectivity index (χ2n) is 8.71. The van der Waals surface area contributed by atoms with Crippen molar-refractivity contribution in [1.82, 2.24) is 0 Å². The van der Waals surface area contributed by atoms with Crippen molar-refractivity contribution in [3.8, 4) is 16.9 Å². The number of aliphatic hydroxyl groups excluding tert-OH is 2. The second-order valence-corrected chi connectivity index (χ2v) is 8.71. The largest absolute Gasteiger partial charge is 0.462 e. The number of benzene rings is 2. The quantitative estimate of drug-likeness (QED) is 0.670. The molecular weight excluding hydrogens is 383 g/mol. The zero-order valence-corrected chi connectivity index (χ0v) is 18.2. The molecule has 2 aromatic carbocycles. The Morgan fingerprint density at radius 1 is 1.10 bits per heavy atom. The summed E-state index contributed by atoms with van der Waals surface area (Å²) in [4.78, 5) is 0. The zero-order valence-electron chi connectivity index (χ0n) is 18.2. The smallest absolute Gasteiger partial charge is 0.228 e. The molecule has 0 saturated carbocycles. The molecule has 0 radical (unpaired) electrons. The fraction of sp³-hybridized carbons (Fsp3) is 0.520. The molecule has 0 aliphatic carbocycles. The maximum absolute atomic E-state index is 13.8. The zero-order chi connectivity index (χ0) is 21.8. The van der Waals surface area contributed by atoms with E-state index in [2.05, 4.69) is 20.8 Å². The first-order valence-electron chi connectivity index (χ1n) is 10.9. The van der Waals surface area contributed by atoms with Gasteiger partial charge < -0.3 is 19.7 Å². The van der Waals surface area contributed by atoms with Gasteiger partial charge in [0.2, 0.25) is 6.29 Å². The van der Waals surface area contributed by atoms with E-state index in [9.17, 15) is 14.6 Å². The van der Waals surface area contributed by atoms with Crippen LogP contribution in [0.4, 0.5) is 4.39 Å². The molecule has 164 valence electrons. The van der Waals surface area contributed by atoms with E-state index in [1.165, 1.54) is 12.1 Å². The molecule has 1 heterocycles. The molecule has 3 rings (SSSR count). The molecule has 5 heteroatoms. The first-order valence-corrected chi connectivity index (χ1v) is 10.9. The summed E-state index contributed by atoms with van der Waals surface area (Å²) in [5, 5.41) is 21.0. The van der Waals surface area contributed by atoms with Crippen molar-refractivity contribution < 1.29 is 24.1 Å². The monoisotopic (exact) mass is 416 g/mol. The van der Waals surface area contributed by atoms with Crippen LogP contribution in [-0.4, -0.2) is 34.8 Å². The van der Waals surface area contributed by atoms with Crippen LogP contribution in [0.3, 0.4) is 0 Å². The Kier molecular flexibility index (Phi) is 7.50. The van der Waals surface area contributed by atoms with Gasteiger partial charge in [0.1, 0.15) is 17.7 Å². The number of rotatable bonds is 7. The number of aliphatic hydroxyl groups is 2. The van der Waals surface area contributed by atoms with Crippen molar-refractivity contribution in [1.29, 1.82) is 0 Å². The maximum atomic E-state index is 13.8. The van der Waals surface area contributed by atoms with E-state index < -0.39 is 18.5 Å². The molecule has 1 aliphatic rings. The lowest BCUT2D eigenvalue weighted by atomic mass is 9.86. The van der Waals surface area contributed by atoms with Crippen LogP contribution in [0.5, 0.6) is 5.75 Å². The molecule has 1 saturated heterocycles. The van der Waals surface area contributed by atoms with Crippen molar-refractivity contribution >= 4 is 0 Å². The highest BCUT2D eigenvalue weighted by atomic mass is 19.1. The van der Waals surface area contributed by atoms with Crippen LogP contribution >= 0.6 is 0 Å². The summed E-state index contributed by atoms with van der Waals surface area (Å²) in [6.07, 6.45) is -0.622. The summed E-state index contributed by atoms with van der Waals surface area (Å²) < 4.78 is 25.9. The molecule has 0 bridgehead atoms. The highest BCUT2D eigenvalue weighted by Crippen LogP contribution is 2.34. The van der Waals surface area contributed by atoms with Gasteiger partial charge in [-0.05, 0) is 59.7 Å². The lowest BCUT2D eigenvalue weighted by molar-refractivity contribution is -0.257. The number of hydrogen-bond donors (Lipinski definition) is 2. The summed E-state index contributed by atoms with van der Waals surface area (Å²) in [5.41, 5.74) is 2.78. The Morgan fingerprint density at radius 2 is 1.87 bits per heavy atom. The van der Waals surface area contributed by atoms with Crippen LogP contribution in [0.25, 0.3) is 11.1 Å². The third-order valence-electron chi connectivity index (χ3n) is 5.76. The average molecular weight is 417 g/mol. The third kappa shape index (κ3) is 5.20. The average Bonchev–Trinajstić information content (AvgIpc) is 2.71. The van der Waals surface area contributed by atoms with Gasteiger partial charge in [-0.3, -0.25) is 0 Å². The number of ether oxygens (including phenoxy) is 2. The minimum absolute atomic E-state index is 0.183. The van der Waals surface area contributed by atoms with E-state index in [1.54, 1.807) is 6.07 Å². The van der Waals surface area contributed by atoms with Gasteiger partial charge in [-0.1, -0.05) is 52.3 Å². The Bertz CT molecular complexity index is 838. The maximum Gasteiger partial charge on any atom is 0.228 e. The van der Waals surface area contributed by atoms with Crippen molar-refractivity contribution in [2.24, 2.45) is 11.8 Å². The minimum atomic E-state index is -1.14. The Hall–Kier alpha value is -1.95. The lowest BCUT2D eigenvalue weighted by Gasteiger charge is -2.42. The predicted octanol–water partition coefficient (Wildman–Crippen LogP) is 4.95. The molecule has 2 N–H and O–H groups in total. The first kappa shape index (κ1) is 22.7. The minimum Gasteiger partial charge on any atom is -0.462 e. The molecular formula is C25H33FO4. The molecule has 0 aromatic heterocycles. The van der Waals surface area contributed by atoms with Crippen molar-refractivity contribution in [2.45, 2.75) is 71.6 Å². The van der Waals surface area contributed by atoms with Crippen LogP contribution in [0, 0.1) is 17.7 Å². The van der Waals surface area contributed by atoms with Gasteiger partial charge in [0.05, 0.1) is 12.2 Å². The van der Waals surface area contributed by atoms with E-state index in [1.807, 2.05) is 31.2 Å². The highest BCUT2D eigenvalue weighted by Gasteiger charge is 2.43. The van der Waals surface area contributed by atoms with Crippen LogP contribution in [0.2, 0.25) is 0 Å². The van der Waals surface area contributed by atoms with Crippen molar-refractivity contribution in [3.63, 3.8) is 0 Å². The molecule has 0 spiro atoms. The van der Waals surface area contributed by atoms with Gasteiger partial charge >= 0.3 is 0 Å². The van der Waals surface area contributed by atoms with Crippen LogP contribution in [-0.2, 0) is 11.2 Å². The highest BCUT2D eigenvalue weighted by molar-refractivity contribution is 5.69. The van der Waals surface area contributed by atoms with E-state index in [0.29, 0.717) is 11.7 Å². The Labute approximate surface area is 178 Å². The van der Waals surface area contributed by atoms with E-state index in [0.717, 1.165) is 36.0 Å². The molecule has 1 aliphatic heterocycles. The van der Waals surface area contributed by atoms with E-state index in [-0.39, 0.29) is 17.8 Å². The number of aryl methyl sites for hydroxylation is 1. The fourth-order valence-electron chi connectivity index (χ4n) is 4.08. The van der Waals surface area contributed by atoms with Gasteiger partial charge in [-0.25, -0.2) is 4.39 Å². The molecule has 0 amide bonds. The number of halogens is 1. The van der Waals surface area contributed by atoms with Gasteiger partial charge in [0.15, 0.2) is 0 Å². The SMILES string of the molecule is CCCc1ccc(O[C@@H]2O[C@@H](CC(C)C)[C@H](C)[C@@H](O)[C@H]2O)cc1-c1cccc(F)c1.